The molecule has 0 amide bonds. The Kier molecular flexibility index (Phi) is 6.46. The topological polar surface area (TPSA) is 12.4 Å². The van der Waals surface area contributed by atoms with Gasteiger partial charge in [-0.3, -0.25) is 0 Å². The summed E-state index contributed by atoms with van der Waals surface area (Å²) < 4.78 is 0.986. The monoisotopic (exact) mass is 256 g/mol. The Balaban J connectivity index is 0.00000225. The minimum absolute atomic E-state index is 0. The number of hydrogen-bond donors (Lipinski definition) is 0. The molecule has 0 unspecified atom stereocenters. The Labute approximate surface area is 109 Å². The van der Waals surface area contributed by atoms with Gasteiger partial charge in [-0.05, 0) is 29.9 Å². The van der Waals surface area contributed by atoms with Gasteiger partial charge in [0.05, 0.1) is 38.5 Å². The quantitative estimate of drug-likeness (QED) is 0.409. The summed E-state index contributed by atoms with van der Waals surface area (Å²) in [7, 11) is 6.60. The first-order valence-corrected chi connectivity index (χ1v) is 5.39. The molecule has 2 nitrogen and oxygen atoms in total. The van der Waals surface area contributed by atoms with E-state index in [4.69, 9.17) is 0 Å². The smallest absolute Gasteiger partial charge is 0.0821 e. The van der Waals surface area contributed by atoms with Gasteiger partial charge in [0.25, 0.3) is 0 Å². The zero-order valence-electron chi connectivity index (χ0n) is 9.90. The third-order valence-electron chi connectivity index (χ3n) is 2.18. The summed E-state index contributed by atoms with van der Waals surface area (Å²) in [5.74, 6) is 0. The molecule has 1 aromatic rings. The van der Waals surface area contributed by atoms with Crippen molar-refractivity contribution in [3.8, 4) is 0 Å². The predicted molar refractivity (Wildman–Crippen MR) is 67.7 cm³/mol. The van der Waals surface area contributed by atoms with Gasteiger partial charge in [0, 0.05) is 6.42 Å². The highest BCUT2D eigenvalue weighted by Crippen LogP contribution is 2.13. The molecule has 0 aromatic heterocycles. The van der Waals surface area contributed by atoms with Crippen molar-refractivity contribution in [2.45, 2.75) is 6.42 Å². The average Bonchev–Trinajstić information content (AvgIpc) is 2.16. The molecule has 0 saturated carbocycles. The fourth-order valence-corrected chi connectivity index (χ4v) is 1.36. The van der Waals surface area contributed by atoms with Crippen LogP contribution in [0.25, 0.3) is 0 Å². The van der Waals surface area contributed by atoms with Crippen molar-refractivity contribution >= 4 is 23.1 Å². The van der Waals surface area contributed by atoms with Gasteiger partial charge in [-0.1, -0.05) is 12.1 Å². The minimum atomic E-state index is 0. The van der Waals surface area contributed by atoms with Crippen LogP contribution in [0.15, 0.2) is 29.3 Å². The van der Waals surface area contributed by atoms with Crippen molar-refractivity contribution in [3.63, 3.8) is 0 Å². The summed E-state index contributed by atoms with van der Waals surface area (Å²) in [4.78, 5) is 3.92. The maximum absolute atomic E-state index is 4.55. The molecule has 0 fully saturated rings. The summed E-state index contributed by atoms with van der Waals surface area (Å²) in [6.07, 6.45) is 1.09. The van der Waals surface area contributed by atoms with E-state index in [1.54, 1.807) is 0 Å². The minimum Gasteiger partial charge on any atom is -1.00 e. The number of hydrogen-bond acceptors (Lipinski definition) is 2. The molecule has 0 atom stereocenters. The van der Waals surface area contributed by atoms with Crippen molar-refractivity contribution in [2.75, 3.05) is 27.7 Å². The van der Waals surface area contributed by atoms with E-state index in [-0.39, 0.29) is 12.4 Å². The second kappa shape index (κ2) is 6.77. The lowest BCUT2D eigenvalue weighted by Crippen LogP contribution is -3.00. The highest BCUT2D eigenvalue weighted by Gasteiger charge is 2.06. The number of nitrogens with zero attached hydrogens (tertiary/aromatic N) is 2. The number of rotatable bonds is 4. The predicted octanol–water partition coefficient (Wildman–Crippen LogP) is -0.326. The van der Waals surface area contributed by atoms with Crippen LogP contribution in [0.4, 0.5) is 5.69 Å². The third-order valence-corrected chi connectivity index (χ3v) is 2.27. The number of quaternary nitrogens is 1. The first-order valence-electron chi connectivity index (χ1n) is 4.98. The van der Waals surface area contributed by atoms with Crippen molar-refractivity contribution in [1.29, 1.82) is 0 Å². The van der Waals surface area contributed by atoms with Crippen LogP contribution in [0.2, 0.25) is 0 Å². The molecule has 0 N–H and O–H groups in total. The van der Waals surface area contributed by atoms with Gasteiger partial charge in [0.1, 0.15) is 0 Å². The number of isothiocyanates is 1. The Hall–Kier alpha value is -0.730. The normalized spacial score (nSPS) is 10.2. The van der Waals surface area contributed by atoms with Crippen LogP contribution >= 0.6 is 12.2 Å². The van der Waals surface area contributed by atoms with Crippen LogP contribution in [0.5, 0.6) is 0 Å². The van der Waals surface area contributed by atoms with Gasteiger partial charge >= 0.3 is 0 Å². The molecule has 0 heterocycles. The SMILES string of the molecule is C[N+](C)(C)CCc1ccc(N=C=S)cc1.[Cl-]. The Bertz CT molecular complexity index is 362. The first kappa shape index (κ1) is 15.3. The van der Waals surface area contributed by atoms with Crippen LogP contribution in [0.1, 0.15) is 5.56 Å². The van der Waals surface area contributed by atoms with Crippen LogP contribution in [-0.4, -0.2) is 37.3 Å². The number of likely N-dealkylation sites (N-methyl/N-ethyl adjacent to an activating group) is 1. The first-order chi connectivity index (χ1) is 7.01. The largest absolute Gasteiger partial charge is 1.00 e. The van der Waals surface area contributed by atoms with Gasteiger partial charge in [0.15, 0.2) is 0 Å². The highest BCUT2D eigenvalue weighted by molar-refractivity contribution is 7.78. The molecule has 0 spiro atoms. The summed E-state index contributed by atoms with van der Waals surface area (Å²) in [5.41, 5.74) is 2.21. The number of aliphatic imine (C=N–C) groups is 1. The zero-order valence-corrected chi connectivity index (χ0v) is 11.5. The molecular weight excluding hydrogens is 240 g/mol. The maximum Gasteiger partial charge on any atom is 0.0821 e. The molecule has 1 aromatic carbocycles. The summed E-state index contributed by atoms with van der Waals surface area (Å²) in [6, 6.07) is 8.15. The van der Waals surface area contributed by atoms with Gasteiger partial charge in [-0.15, -0.1) is 0 Å². The van der Waals surface area contributed by atoms with E-state index >= 15 is 0 Å². The lowest BCUT2D eigenvalue weighted by Gasteiger charge is -2.23. The zero-order chi connectivity index (χ0) is 11.3. The van der Waals surface area contributed by atoms with Crippen LogP contribution in [0.3, 0.4) is 0 Å². The van der Waals surface area contributed by atoms with Crippen molar-refractivity contribution in [1.82, 2.24) is 0 Å². The lowest BCUT2D eigenvalue weighted by molar-refractivity contribution is -0.870. The van der Waals surface area contributed by atoms with E-state index in [0.717, 1.165) is 23.1 Å². The molecule has 16 heavy (non-hydrogen) atoms. The van der Waals surface area contributed by atoms with E-state index in [2.05, 4.69) is 55.6 Å². The second-order valence-corrected chi connectivity index (χ2v) is 4.82. The number of halogens is 1. The van der Waals surface area contributed by atoms with Crippen molar-refractivity contribution < 1.29 is 16.9 Å². The Morgan fingerprint density at radius 3 is 2.19 bits per heavy atom. The number of thiocarbonyl (C=S) groups is 1. The summed E-state index contributed by atoms with van der Waals surface area (Å²) >= 11 is 4.55. The highest BCUT2D eigenvalue weighted by atomic mass is 35.5. The molecule has 0 aliphatic rings. The fraction of sp³-hybridized carbons (Fsp3) is 0.417. The van der Waals surface area contributed by atoms with Crippen molar-refractivity contribution in [2.24, 2.45) is 4.99 Å². The molecule has 0 saturated heterocycles. The molecular formula is C12H17ClN2S. The molecule has 1 rings (SSSR count). The van der Waals surface area contributed by atoms with Crippen LogP contribution in [0, 0.1) is 0 Å². The fourth-order valence-electron chi connectivity index (χ4n) is 1.25. The van der Waals surface area contributed by atoms with Gasteiger partial charge < -0.3 is 16.9 Å². The van der Waals surface area contributed by atoms with Gasteiger partial charge in [-0.25, -0.2) is 0 Å². The Morgan fingerprint density at radius 1 is 1.19 bits per heavy atom. The average molecular weight is 257 g/mol. The lowest BCUT2D eigenvalue weighted by atomic mass is 10.1. The summed E-state index contributed by atoms with van der Waals surface area (Å²) in [6.45, 7) is 1.13. The third kappa shape index (κ3) is 5.99. The van der Waals surface area contributed by atoms with Crippen LogP contribution in [-0.2, 0) is 6.42 Å². The molecule has 4 heteroatoms. The van der Waals surface area contributed by atoms with Crippen molar-refractivity contribution in [3.05, 3.63) is 29.8 Å². The second-order valence-electron chi connectivity index (χ2n) is 4.63. The van der Waals surface area contributed by atoms with E-state index in [0.29, 0.717) is 0 Å². The standard InChI is InChI=1S/C12H17N2S.ClH/c1-14(2,3)9-8-11-4-6-12(7-5-11)13-10-15;/h4-7H,8-9H2,1-3H3;1H/q+1;/p-1. The van der Waals surface area contributed by atoms with E-state index in [1.165, 1.54) is 5.56 Å². The molecule has 0 bridgehead atoms. The van der Waals surface area contributed by atoms with E-state index in [1.807, 2.05) is 12.1 Å². The Morgan fingerprint density at radius 2 is 1.75 bits per heavy atom. The van der Waals surface area contributed by atoms with Crippen LogP contribution < -0.4 is 12.4 Å². The molecule has 0 aliphatic heterocycles. The van der Waals surface area contributed by atoms with Gasteiger partial charge in [0.2, 0.25) is 0 Å². The van der Waals surface area contributed by atoms with Gasteiger partial charge in [-0.2, -0.15) is 4.99 Å². The summed E-state index contributed by atoms with van der Waals surface area (Å²) in [5, 5.41) is 2.36. The van der Waals surface area contributed by atoms with E-state index in [9.17, 15) is 0 Å². The number of benzene rings is 1. The van der Waals surface area contributed by atoms with E-state index < -0.39 is 0 Å². The molecule has 0 aliphatic carbocycles. The maximum atomic E-state index is 4.55. The molecule has 0 radical (unpaired) electrons. The molecule has 88 valence electrons.